The zero-order valence-corrected chi connectivity index (χ0v) is 15.0. The molecule has 23 heavy (non-hydrogen) atoms. The summed E-state index contributed by atoms with van der Waals surface area (Å²) in [6.45, 7) is 2.86. The molecule has 0 aliphatic carbocycles. The van der Waals surface area contributed by atoms with Crippen LogP contribution in [0.5, 0.6) is 0 Å². The fourth-order valence-corrected chi connectivity index (χ4v) is 3.63. The SMILES string of the molecule is BrCc1cccc(COC(c2ccccc2)C2CCNCC2)c1. The van der Waals surface area contributed by atoms with Gasteiger partial charge in [0.15, 0.2) is 0 Å². The first-order valence-corrected chi connectivity index (χ1v) is 9.50. The molecule has 0 radical (unpaired) electrons. The second-order valence-corrected chi connectivity index (χ2v) is 6.74. The van der Waals surface area contributed by atoms with Crippen LogP contribution in [0.4, 0.5) is 0 Å². The number of nitrogens with one attached hydrogen (secondary N) is 1. The van der Waals surface area contributed by atoms with Gasteiger partial charge < -0.3 is 10.1 Å². The van der Waals surface area contributed by atoms with Crippen LogP contribution in [-0.2, 0) is 16.7 Å². The van der Waals surface area contributed by atoms with Gasteiger partial charge in [-0.1, -0.05) is 70.5 Å². The van der Waals surface area contributed by atoms with Crippen molar-refractivity contribution in [2.24, 2.45) is 5.92 Å². The lowest BCUT2D eigenvalue weighted by Crippen LogP contribution is -2.31. The van der Waals surface area contributed by atoms with E-state index in [1.165, 1.54) is 29.5 Å². The van der Waals surface area contributed by atoms with Gasteiger partial charge in [0.2, 0.25) is 0 Å². The smallest absolute Gasteiger partial charge is 0.0858 e. The number of hydrogen-bond acceptors (Lipinski definition) is 2. The summed E-state index contributed by atoms with van der Waals surface area (Å²) >= 11 is 3.52. The lowest BCUT2D eigenvalue weighted by molar-refractivity contribution is -0.0102. The minimum atomic E-state index is 0.186. The molecule has 0 saturated carbocycles. The predicted molar refractivity (Wildman–Crippen MR) is 98.6 cm³/mol. The van der Waals surface area contributed by atoms with Crippen molar-refractivity contribution in [2.45, 2.75) is 30.9 Å². The van der Waals surface area contributed by atoms with Crippen LogP contribution in [0.3, 0.4) is 0 Å². The predicted octanol–water partition coefficient (Wildman–Crippen LogP) is 4.84. The van der Waals surface area contributed by atoms with Crippen molar-refractivity contribution in [3.8, 4) is 0 Å². The molecule has 0 aromatic heterocycles. The lowest BCUT2D eigenvalue weighted by Gasteiger charge is -2.31. The minimum absolute atomic E-state index is 0.186. The zero-order valence-electron chi connectivity index (χ0n) is 13.4. The van der Waals surface area contributed by atoms with Gasteiger partial charge >= 0.3 is 0 Å². The summed E-state index contributed by atoms with van der Waals surface area (Å²) in [5.41, 5.74) is 3.84. The molecule has 1 N–H and O–H groups in total. The van der Waals surface area contributed by atoms with Crippen molar-refractivity contribution in [3.63, 3.8) is 0 Å². The maximum atomic E-state index is 6.41. The van der Waals surface area contributed by atoms with Crippen molar-refractivity contribution >= 4 is 15.9 Å². The Labute approximate surface area is 147 Å². The number of alkyl halides is 1. The maximum Gasteiger partial charge on any atom is 0.0858 e. The van der Waals surface area contributed by atoms with E-state index in [0.29, 0.717) is 12.5 Å². The quantitative estimate of drug-likeness (QED) is 0.731. The van der Waals surface area contributed by atoms with Crippen molar-refractivity contribution in [3.05, 3.63) is 71.3 Å². The Morgan fingerprint density at radius 3 is 2.48 bits per heavy atom. The monoisotopic (exact) mass is 373 g/mol. The molecular formula is C20H24BrNO. The first-order chi connectivity index (χ1) is 11.4. The van der Waals surface area contributed by atoms with Gasteiger partial charge in [-0.05, 0) is 48.5 Å². The van der Waals surface area contributed by atoms with Gasteiger partial charge in [0.25, 0.3) is 0 Å². The van der Waals surface area contributed by atoms with Crippen LogP contribution in [0.25, 0.3) is 0 Å². The van der Waals surface area contributed by atoms with Gasteiger partial charge in [0, 0.05) is 5.33 Å². The molecule has 1 saturated heterocycles. The van der Waals surface area contributed by atoms with Gasteiger partial charge in [0.05, 0.1) is 12.7 Å². The summed E-state index contributed by atoms with van der Waals surface area (Å²) < 4.78 is 6.41. The summed E-state index contributed by atoms with van der Waals surface area (Å²) in [4.78, 5) is 0. The Kier molecular flexibility index (Phi) is 6.26. The van der Waals surface area contributed by atoms with Crippen LogP contribution < -0.4 is 5.32 Å². The molecule has 1 aliphatic heterocycles. The summed E-state index contributed by atoms with van der Waals surface area (Å²) in [6, 6.07) is 19.3. The largest absolute Gasteiger partial charge is 0.369 e. The van der Waals surface area contributed by atoms with Crippen LogP contribution in [0, 0.1) is 5.92 Å². The molecule has 3 rings (SSSR count). The Hall–Kier alpha value is -1.16. The van der Waals surface area contributed by atoms with Gasteiger partial charge in [-0.2, -0.15) is 0 Å². The highest BCUT2D eigenvalue weighted by atomic mass is 79.9. The molecule has 3 heteroatoms. The number of hydrogen-bond donors (Lipinski definition) is 1. The number of piperidine rings is 1. The number of benzene rings is 2. The van der Waals surface area contributed by atoms with E-state index >= 15 is 0 Å². The Balaban J connectivity index is 1.72. The number of ether oxygens (including phenoxy) is 1. The van der Waals surface area contributed by atoms with E-state index in [1.807, 2.05) is 0 Å². The van der Waals surface area contributed by atoms with Crippen LogP contribution in [0.1, 0.15) is 35.6 Å². The molecule has 0 spiro atoms. The summed E-state index contributed by atoms with van der Waals surface area (Å²) in [7, 11) is 0. The molecule has 2 aromatic carbocycles. The van der Waals surface area contributed by atoms with Crippen LogP contribution in [0.2, 0.25) is 0 Å². The second-order valence-electron chi connectivity index (χ2n) is 6.18. The van der Waals surface area contributed by atoms with E-state index in [-0.39, 0.29) is 6.10 Å². The van der Waals surface area contributed by atoms with Crippen molar-refractivity contribution in [2.75, 3.05) is 13.1 Å². The molecule has 1 aliphatic rings. The van der Waals surface area contributed by atoms with Gasteiger partial charge in [0.1, 0.15) is 0 Å². The zero-order chi connectivity index (χ0) is 15.9. The molecule has 122 valence electrons. The molecule has 1 unspecified atom stereocenters. The fourth-order valence-electron chi connectivity index (χ4n) is 3.28. The Morgan fingerprint density at radius 1 is 1.00 bits per heavy atom. The maximum absolute atomic E-state index is 6.41. The van der Waals surface area contributed by atoms with E-state index in [1.54, 1.807) is 0 Å². The standard InChI is InChI=1S/C20H24BrNO/c21-14-16-5-4-6-17(13-16)15-23-20(18-7-2-1-3-8-18)19-9-11-22-12-10-19/h1-8,13,19-20,22H,9-12,14-15H2. The molecule has 0 amide bonds. The Morgan fingerprint density at radius 2 is 1.74 bits per heavy atom. The first kappa shape index (κ1) is 16.7. The van der Waals surface area contributed by atoms with E-state index < -0.39 is 0 Å². The highest BCUT2D eigenvalue weighted by molar-refractivity contribution is 9.08. The highest BCUT2D eigenvalue weighted by Crippen LogP contribution is 2.33. The number of halogens is 1. The molecule has 1 atom stereocenters. The van der Waals surface area contributed by atoms with Crippen LogP contribution in [0.15, 0.2) is 54.6 Å². The van der Waals surface area contributed by atoms with Gasteiger partial charge in [-0.25, -0.2) is 0 Å². The van der Waals surface area contributed by atoms with Gasteiger partial charge in [-0.15, -0.1) is 0 Å². The molecule has 2 nitrogen and oxygen atoms in total. The van der Waals surface area contributed by atoms with Crippen LogP contribution in [-0.4, -0.2) is 13.1 Å². The molecule has 2 aromatic rings. The summed E-state index contributed by atoms with van der Waals surface area (Å²) in [5, 5.41) is 4.34. The van der Waals surface area contributed by atoms with Gasteiger partial charge in [-0.3, -0.25) is 0 Å². The van der Waals surface area contributed by atoms with Crippen molar-refractivity contribution in [1.29, 1.82) is 0 Å². The normalized spacial score (nSPS) is 17.1. The average Bonchev–Trinajstić information content (AvgIpc) is 2.64. The molecule has 1 fully saturated rings. The van der Waals surface area contributed by atoms with E-state index in [0.717, 1.165) is 18.4 Å². The van der Waals surface area contributed by atoms with Crippen molar-refractivity contribution < 1.29 is 4.74 Å². The first-order valence-electron chi connectivity index (χ1n) is 8.38. The van der Waals surface area contributed by atoms with Crippen LogP contribution >= 0.6 is 15.9 Å². The third kappa shape index (κ3) is 4.66. The Bertz CT molecular complexity index is 596. The topological polar surface area (TPSA) is 21.3 Å². The van der Waals surface area contributed by atoms with E-state index in [9.17, 15) is 0 Å². The fraction of sp³-hybridized carbons (Fsp3) is 0.400. The third-order valence-corrected chi connectivity index (χ3v) is 5.16. The highest BCUT2D eigenvalue weighted by Gasteiger charge is 2.25. The number of rotatable bonds is 6. The summed E-state index contributed by atoms with van der Waals surface area (Å²) in [5.74, 6) is 0.595. The molecule has 1 heterocycles. The van der Waals surface area contributed by atoms with E-state index in [2.05, 4.69) is 75.8 Å². The second kappa shape index (κ2) is 8.62. The summed E-state index contributed by atoms with van der Waals surface area (Å²) in [6.07, 6.45) is 2.55. The molecule has 0 bridgehead atoms. The third-order valence-electron chi connectivity index (χ3n) is 4.52. The lowest BCUT2D eigenvalue weighted by atomic mass is 9.88. The molecular weight excluding hydrogens is 350 g/mol. The van der Waals surface area contributed by atoms with E-state index in [4.69, 9.17) is 4.74 Å². The average molecular weight is 374 g/mol. The van der Waals surface area contributed by atoms with Crippen molar-refractivity contribution in [1.82, 2.24) is 5.32 Å². The minimum Gasteiger partial charge on any atom is -0.369 e.